The van der Waals surface area contributed by atoms with Gasteiger partial charge in [-0.25, -0.2) is 0 Å². The van der Waals surface area contributed by atoms with E-state index < -0.39 is 5.92 Å². The second-order valence-corrected chi connectivity index (χ2v) is 7.68. The number of hydrogen-bond acceptors (Lipinski definition) is 3. The molecule has 0 aromatic heterocycles. The molecule has 0 radical (unpaired) electrons. The van der Waals surface area contributed by atoms with Crippen LogP contribution < -0.4 is 0 Å². The molecule has 0 fully saturated rings. The van der Waals surface area contributed by atoms with E-state index in [1.807, 2.05) is 41.5 Å². The maximum atomic E-state index is 12.8. The Morgan fingerprint density at radius 1 is 1.00 bits per heavy atom. The van der Waals surface area contributed by atoms with Gasteiger partial charge in [0.25, 0.3) is 0 Å². The van der Waals surface area contributed by atoms with Crippen LogP contribution in [-0.4, -0.2) is 11.8 Å². The highest BCUT2D eigenvalue weighted by molar-refractivity contribution is 6.11. The molecule has 1 aliphatic rings. The Hall–Kier alpha value is -1.12. The summed E-state index contributed by atoms with van der Waals surface area (Å²) >= 11 is 0. The molecule has 0 aliphatic carbocycles. The average Bonchev–Trinajstić information content (AvgIpc) is 2.24. The lowest BCUT2D eigenvalue weighted by molar-refractivity contribution is -0.152. The number of cyclic esters (lactones) is 1. The molecule has 0 N–H and O–H groups in total. The van der Waals surface area contributed by atoms with Crippen LogP contribution in [0.5, 0.6) is 0 Å². The summed E-state index contributed by atoms with van der Waals surface area (Å²) in [5.74, 6) is -0.475. The lowest BCUT2D eigenvalue weighted by Crippen LogP contribution is -2.40. The second kappa shape index (κ2) is 5.71. The van der Waals surface area contributed by atoms with Crippen LogP contribution in [0.2, 0.25) is 0 Å². The number of Topliss-reactive ketones (excluding diaryl/α,β-unsaturated/α-hetero) is 1. The largest absolute Gasteiger partial charge is 0.430 e. The summed E-state index contributed by atoms with van der Waals surface area (Å²) in [6.07, 6.45) is 2.43. The van der Waals surface area contributed by atoms with E-state index >= 15 is 0 Å². The van der Waals surface area contributed by atoms with Gasteiger partial charge in [0.1, 0.15) is 11.7 Å². The van der Waals surface area contributed by atoms with Crippen molar-refractivity contribution in [3.8, 4) is 0 Å². The van der Waals surface area contributed by atoms with Gasteiger partial charge >= 0.3 is 5.97 Å². The molecule has 0 amide bonds. The van der Waals surface area contributed by atoms with Gasteiger partial charge in [0.2, 0.25) is 0 Å². The molecule has 0 bridgehead atoms. The second-order valence-electron chi connectivity index (χ2n) is 7.68. The van der Waals surface area contributed by atoms with Crippen LogP contribution in [0, 0.1) is 16.7 Å². The molecule has 1 aliphatic heterocycles. The predicted octanol–water partition coefficient (Wildman–Crippen LogP) is 4.27. The SMILES string of the molecule is CCCCC1C(=O)OC(C(C)(C)C)=C(C(C)(C)C)C1=O. The van der Waals surface area contributed by atoms with Crippen molar-refractivity contribution in [3.63, 3.8) is 0 Å². The third-order valence-electron chi connectivity index (χ3n) is 3.55. The van der Waals surface area contributed by atoms with E-state index in [0.717, 1.165) is 12.8 Å². The Labute approximate surface area is 122 Å². The van der Waals surface area contributed by atoms with Gasteiger partial charge in [-0.05, 0) is 11.8 Å². The fraction of sp³-hybridized carbons (Fsp3) is 0.765. The number of unbranched alkanes of at least 4 members (excludes halogenated alkanes) is 1. The third-order valence-corrected chi connectivity index (χ3v) is 3.55. The molecule has 0 aromatic rings. The first kappa shape index (κ1) is 16.9. The summed E-state index contributed by atoms with van der Waals surface area (Å²) < 4.78 is 5.59. The molecule has 1 unspecified atom stereocenters. The van der Waals surface area contributed by atoms with Crippen molar-refractivity contribution in [1.82, 2.24) is 0 Å². The smallest absolute Gasteiger partial charge is 0.321 e. The van der Waals surface area contributed by atoms with Gasteiger partial charge in [-0.2, -0.15) is 0 Å². The van der Waals surface area contributed by atoms with Gasteiger partial charge in [-0.3, -0.25) is 9.59 Å². The number of hydrogen-bond donors (Lipinski definition) is 0. The van der Waals surface area contributed by atoms with E-state index in [1.165, 1.54) is 0 Å². The highest BCUT2D eigenvalue weighted by atomic mass is 16.5. The molecule has 0 saturated carbocycles. The summed E-state index contributed by atoms with van der Waals surface area (Å²) in [6.45, 7) is 14.0. The summed E-state index contributed by atoms with van der Waals surface area (Å²) in [5, 5.41) is 0. The quantitative estimate of drug-likeness (QED) is 0.573. The van der Waals surface area contributed by atoms with Gasteiger partial charge < -0.3 is 4.74 Å². The van der Waals surface area contributed by atoms with E-state index in [0.29, 0.717) is 17.8 Å². The van der Waals surface area contributed by atoms with Gasteiger partial charge in [-0.15, -0.1) is 0 Å². The molecule has 1 rings (SSSR count). The summed E-state index contributed by atoms with van der Waals surface area (Å²) in [4.78, 5) is 24.9. The van der Waals surface area contributed by atoms with Crippen LogP contribution in [0.4, 0.5) is 0 Å². The molecule has 114 valence electrons. The molecule has 1 heterocycles. The number of ether oxygens (including phenoxy) is 1. The van der Waals surface area contributed by atoms with E-state index in [1.54, 1.807) is 0 Å². The van der Waals surface area contributed by atoms with Crippen LogP contribution in [0.15, 0.2) is 11.3 Å². The van der Waals surface area contributed by atoms with Gasteiger partial charge in [-0.1, -0.05) is 61.3 Å². The van der Waals surface area contributed by atoms with Crippen LogP contribution in [0.25, 0.3) is 0 Å². The molecular weight excluding hydrogens is 252 g/mol. The zero-order valence-corrected chi connectivity index (χ0v) is 13.9. The summed E-state index contributed by atoms with van der Waals surface area (Å²) in [6, 6.07) is 0. The normalized spacial score (nSPS) is 21.2. The predicted molar refractivity (Wildman–Crippen MR) is 80.1 cm³/mol. The molecule has 3 nitrogen and oxygen atoms in total. The van der Waals surface area contributed by atoms with Crippen molar-refractivity contribution < 1.29 is 14.3 Å². The fourth-order valence-corrected chi connectivity index (χ4v) is 2.51. The maximum Gasteiger partial charge on any atom is 0.321 e. The Kier molecular flexibility index (Phi) is 4.83. The minimum atomic E-state index is -0.615. The van der Waals surface area contributed by atoms with Gasteiger partial charge in [0.15, 0.2) is 5.78 Å². The first-order chi connectivity index (χ1) is 9.00. The molecule has 1 atom stereocenters. The lowest BCUT2D eigenvalue weighted by Gasteiger charge is -2.36. The monoisotopic (exact) mass is 280 g/mol. The van der Waals surface area contributed by atoms with Crippen molar-refractivity contribution >= 4 is 11.8 Å². The fourth-order valence-electron chi connectivity index (χ4n) is 2.51. The van der Waals surface area contributed by atoms with Gasteiger partial charge in [0, 0.05) is 11.0 Å². The first-order valence-corrected chi connectivity index (χ1v) is 7.51. The molecule has 20 heavy (non-hydrogen) atoms. The van der Waals surface area contributed by atoms with Crippen molar-refractivity contribution in [2.75, 3.05) is 0 Å². The highest BCUT2D eigenvalue weighted by Crippen LogP contribution is 2.42. The molecule has 0 saturated heterocycles. The van der Waals surface area contributed by atoms with Crippen LogP contribution >= 0.6 is 0 Å². The standard InChI is InChI=1S/C17H28O3/c1-8-9-10-11-13(18)12(16(2,3)4)14(17(5,6)7)20-15(11)19/h11H,8-10H2,1-7H3. The Balaban J connectivity index is 3.31. The Morgan fingerprint density at radius 3 is 1.95 bits per heavy atom. The topological polar surface area (TPSA) is 43.4 Å². The Bertz CT molecular complexity index is 430. The number of carbonyl (C=O) groups is 2. The van der Waals surface area contributed by atoms with E-state index in [4.69, 9.17) is 4.74 Å². The highest BCUT2D eigenvalue weighted by Gasteiger charge is 2.44. The number of ketones is 1. The van der Waals surface area contributed by atoms with E-state index in [9.17, 15) is 9.59 Å². The first-order valence-electron chi connectivity index (χ1n) is 7.51. The number of esters is 1. The number of carbonyl (C=O) groups excluding carboxylic acids is 2. The zero-order valence-electron chi connectivity index (χ0n) is 13.9. The third kappa shape index (κ3) is 3.50. The van der Waals surface area contributed by atoms with Crippen molar-refractivity contribution in [1.29, 1.82) is 0 Å². The molecular formula is C17H28O3. The van der Waals surface area contributed by atoms with Crippen molar-refractivity contribution in [3.05, 3.63) is 11.3 Å². The number of rotatable bonds is 3. The summed E-state index contributed by atoms with van der Waals surface area (Å²) in [5.41, 5.74) is 0.0276. The number of allylic oxidation sites excluding steroid dienone is 2. The maximum absolute atomic E-state index is 12.8. The summed E-state index contributed by atoms with van der Waals surface area (Å²) in [7, 11) is 0. The van der Waals surface area contributed by atoms with Crippen LogP contribution in [-0.2, 0) is 14.3 Å². The minimum absolute atomic E-state index is 0.0351. The van der Waals surface area contributed by atoms with E-state index in [2.05, 4.69) is 6.92 Å². The van der Waals surface area contributed by atoms with Crippen LogP contribution in [0.3, 0.4) is 0 Å². The molecule has 0 aromatic carbocycles. The Morgan fingerprint density at radius 2 is 1.55 bits per heavy atom. The lowest BCUT2D eigenvalue weighted by atomic mass is 9.73. The van der Waals surface area contributed by atoms with Crippen LogP contribution in [0.1, 0.15) is 67.7 Å². The zero-order chi connectivity index (χ0) is 15.7. The van der Waals surface area contributed by atoms with Crippen molar-refractivity contribution in [2.24, 2.45) is 16.7 Å². The average molecular weight is 280 g/mol. The minimum Gasteiger partial charge on any atom is -0.430 e. The van der Waals surface area contributed by atoms with E-state index in [-0.39, 0.29) is 22.6 Å². The van der Waals surface area contributed by atoms with Crippen molar-refractivity contribution in [2.45, 2.75) is 67.7 Å². The molecule has 0 spiro atoms. The molecule has 3 heteroatoms. The van der Waals surface area contributed by atoms with Gasteiger partial charge in [0.05, 0.1) is 0 Å².